The molecule has 4 heteroatoms. The van der Waals surface area contributed by atoms with Gasteiger partial charge >= 0.3 is 0 Å². The minimum Gasteiger partial charge on any atom is -0.495 e. The van der Waals surface area contributed by atoms with E-state index in [9.17, 15) is 0 Å². The molecular formula is C17H16N2OS. The van der Waals surface area contributed by atoms with Crippen molar-refractivity contribution in [3.05, 3.63) is 53.4 Å². The molecule has 2 aromatic carbocycles. The van der Waals surface area contributed by atoms with Gasteiger partial charge in [-0.1, -0.05) is 29.8 Å². The number of thiazole rings is 1. The van der Waals surface area contributed by atoms with Crippen LogP contribution in [0.15, 0.2) is 47.8 Å². The molecular weight excluding hydrogens is 280 g/mol. The molecule has 0 atom stereocenters. The number of hydrogen-bond donors (Lipinski definition) is 1. The topological polar surface area (TPSA) is 48.1 Å². The van der Waals surface area contributed by atoms with Crippen LogP contribution in [-0.2, 0) is 0 Å². The van der Waals surface area contributed by atoms with E-state index < -0.39 is 0 Å². The molecule has 2 N–H and O–H groups in total. The summed E-state index contributed by atoms with van der Waals surface area (Å²) in [6.07, 6.45) is 0. The zero-order valence-electron chi connectivity index (χ0n) is 12.0. The van der Waals surface area contributed by atoms with Crippen molar-refractivity contribution in [1.82, 2.24) is 4.98 Å². The van der Waals surface area contributed by atoms with Crippen LogP contribution in [0.3, 0.4) is 0 Å². The number of nitrogen functional groups attached to an aromatic ring is 1. The van der Waals surface area contributed by atoms with Gasteiger partial charge in [0.05, 0.1) is 18.5 Å². The summed E-state index contributed by atoms with van der Waals surface area (Å²) in [5, 5.41) is 3.03. The zero-order valence-corrected chi connectivity index (χ0v) is 12.8. The van der Waals surface area contributed by atoms with E-state index in [4.69, 9.17) is 15.5 Å². The molecule has 1 heterocycles. The number of nitrogens with two attached hydrogens (primary N) is 1. The second-order valence-electron chi connectivity index (χ2n) is 4.86. The van der Waals surface area contributed by atoms with Crippen molar-refractivity contribution in [2.24, 2.45) is 0 Å². The summed E-state index contributed by atoms with van der Waals surface area (Å²) < 4.78 is 5.18. The third-order valence-corrected chi connectivity index (χ3v) is 4.22. The van der Waals surface area contributed by atoms with Gasteiger partial charge in [0.15, 0.2) is 0 Å². The van der Waals surface area contributed by atoms with Crippen LogP contribution in [0.2, 0.25) is 0 Å². The van der Waals surface area contributed by atoms with Crippen LogP contribution in [-0.4, -0.2) is 12.1 Å². The lowest BCUT2D eigenvalue weighted by atomic mass is 10.1. The van der Waals surface area contributed by atoms with Crippen LogP contribution < -0.4 is 10.5 Å². The smallest absolute Gasteiger partial charge is 0.141 e. The van der Waals surface area contributed by atoms with E-state index in [1.54, 1.807) is 18.4 Å². The molecule has 0 aliphatic carbocycles. The maximum absolute atomic E-state index is 5.96. The number of nitrogens with zero attached hydrogens (tertiary/aromatic N) is 1. The summed E-state index contributed by atoms with van der Waals surface area (Å²) >= 11 is 1.62. The molecule has 3 rings (SSSR count). The van der Waals surface area contributed by atoms with Gasteiger partial charge in [-0.25, -0.2) is 4.98 Å². The number of ether oxygens (including phenoxy) is 1. The van der Waals surface area contributed by atoms with Gasteiger partial charge < -0.3 is 10.5 Å². The molecule has 3 nitrogen and oxygen atoms in total. The molecule has 106 valence electrons. The highest BCUT2D eigenvalue weighted by Gasteiger charge is 2.08. The van der Waals surface area contributed by atoms with Crippen LogP contribution >= 0.6 is 11.3 Å². The summed E-state index contributed by atoms with van der Waals surface area (Å²) in [6.45, 7) is 2.08. The number of rotatable bonds is 3. The number of aromatic nitrogens is 1. The number of methoxy groups -OCH3 is 1. The average Bonchev–Trinajstić information content (AvgIpc) is 2.98. The van der Waals surface area contributed by atoms with E-state index in [2.05, 4.69) is 36.6 Å². The monoisotopic (exact) mass is 296 g/mol. The van der Waals surface area contributed by atoms with Crippen LogP contribution in [0.25, 0.3) is 21.8 Å². The molecule has 3 aromatic rings. The highest BCUT2D eigenvalue weighted by Crippen LogP contribution is 2.32. The minimum atomic E-state index is 0.627. The van der Waals surface area contributed by atoms with E-state index >= 15 is 0 Å². The molecule has 0 radical (unpaired) electrons. The molecule has 0 fully saturated rings. The Labute approximate surface area is 128 Å². The molecule has 0 saturated heterocycles. The lowest BCUT2D eigenvalue weighted by molar-refractivity contribution is 0.417. The first-order chi connectivity index (χ1) is 10.2. The highest BCUT2D eigenvalue weighted by atomic mass is 32.1. The van der Waals surface area contributed by atoms with E-state index in [1.807, 2.05) is 18.2 Å². The predicted octanol–water partition coefficient (Wildman–Crippen LogP) is 4.38. The van der Waals surface area contributed by atoms with Gasteiger partial charge in [-0.05, 0) is 25.1 Å². The Morgan fingerprint density at radius 3 is 2.43 bits per heavy atom. The quantitative estimate of drug-likeness (QED) is 0.730. The third-order valence-electron chi connectivity index (χ3n) is 3.33. The molecule has 0 amide bonds. The summed E-state index contributed by atoms with van der Waals surface area (Å²) in [5.41, 5.74) is 11.0. The summed E-state index contributed by atoms with van der Waals surface area (Å²) in [4.78, 5) is 4.70. The fourth-order valence-corrected chi connectivity index (χ4v) is 2.96. The SMILES string of the molecule is COc1ccc(-c2nc(-c3ccc(C)cc3)cs2)cc1N. The van der Waals surface area contributed by atoms with Crippen molar-refractivity contribution in [2.75, 3.05) is 12.8 Å². The van der Waals surface area contributed by atoms with E-state index in [1.165, 1.54) is 5.56 Å². The fraction of sp³-hybridized carbons (Fsp3) is 0.118. The second-order valence-corrected chi connectivity index (χ2v) is 5.72. The Bertz CT molecular complexity index is 763. The molecule has 0 aliphatic heterocycles. The number of aryl methyl sites for hydroxylation is 1. The van der Waals surface area contributed by atoms with Crippen LogP contribution in [0, 0.1) is 6.92 Å². The van der Waals surface area contributed by atoms with E-state index in [-0.39, 0.29) is 0 Å². The number of hydrogen-bond acceptors (Lipinski definition) is 4. The largest absolute Gasteiger partial charge is 0.495 e. The average molecular weight is 296 g/mol. The van der Waals surface area contributed by atoms with Crippen LogP contribution in [0.1, 0.15) is 5.56 Å². The van der Waals surface area contributed by atoms with Crippen molar-refractivity contribution in [1.29, 1.82) is 0 Å². The molecule has 0 spiro atoms. The first-order valence-corrected chi connectivity index (χ1v) is 7.52. The van der Waals surface area contributed by atoms with Gasteiger partial charge in [-0.15, -0.1) is 11.3 Å². The minimum absolute atomic E-state index is 0.627. The van der Waals surface area contributed by atoms with Gasteiger partial charge in [0.25, 0.3) is 0 Å². The Hall–Kier alpha value is -2.33. The summed E-state index contributed by atoms with van der Waals surface area (Å²) in [7, 11) is 1.62. The van der Waals surface area contributed by atoms with Crippen molar-refractivity contribution in [2.45, 2.75) is 6.92 Å². The van der Waals surface area contributed by atoms with Gasteiger partial charge in [0.2, 0.25) is 0 Å². The summed E-state index contributed by atoms with van der Waals surface area (Å²) in [5.74, 6) is 0.689. The zero-order chi connectivity index (χ0) is 14.8. The van der Waals surface area contributed by atoms with Gasteiger partial charge in [-0.3, -0.25) is 0 Å². The normalized spacial score (nSPS) is 10.6. The van der Waals surface area contributed by atoms with E-state index in [0.717, 1.165) is 21.8 Å². The van der Waals surface area contributed by atoms with E-state index in [0.29, 0.717) is 11.4 Å². The second kappa shape index (κ2) is 5.58. The highest BCUT2D eigenvalue weighted by molar-refractivity contribution is 7.13. The fourth-order valence-electron chi connectivity index (χ4n) is 2.13. The number of benzene rings is 2. The molecule has 0 saturated carbocycles. The van der Waals surface area contributed by atoms with Gasteiger partial charge in [0.1, 0.15) is 10.8 Å². The predicted molar refractivity (Wildman–Crippen MR) is 88.7 cm³/mol. The van der Waals surface area contributed by atoms with Crippen LogP contribution in [0.4, 0.5) is 5.69 Å². The molecule has 21 heavy (non-hydrogen) atoms. The molecule has 0 aliphatic rings. The number of anilines is 1. The summed E-state index contributed by atoms with van der Waals surface area (Å²) in [6, 6.07) is 14.1. The molecule has 0 unspecified atom stereocenters. The standard InChI is InChI=1S/C17H16N2OS/c1-11-3-5-12(6-4-11)15-10-21-17(19-15)13-7-8-16(20-2)14(18)9-13/h3-10H,18H2,1-2H3. The maximum atomic E-state index is 5.96. The van der Waals surface area contributed by atoms with Crippen molar-refractivity contribution >= 4 is 17.0 Å². The first-order valence-electron chi connectivity index (χ1n) is 6.64. The Kier molecular flexibility index (Phi) is 3.62. The third kappa shape index (κ3) is 2.76. The van der Waals surface area contributed by atoms with Crippen molar-refractivity contribution < 1.29 is 4.74 Å². The first kappa shape index (κ1) is 13.6. The van der Waals surface area contributed by atoms with Crippen LogP contribution in [0.5, 0.6) is 5.75 Å². The van der Waals surface area contributed by atoms with Crippen molar-refractivity contribution in [3.8, 4) is 27.6 Å². The lowest BCUT2D eigenvalue weighted by Crippen LogP contribution is -1.92. The molecule has 1 aromatic heterocycles. The Morgan fingerprint density at radius 2 is 1.76 bits per heavy atom. The van der Waals surface area contributed by atoms with Crippen molar-refractivity contribution in [3.63, 3.8) is 0 Å². The lowest BCUT2D eigenvalue weighted by Gasteiger charge is -2.05. The Balaban J connectivity index is 1.94. The van der Waals surface area contributed by atoms with Gasteiger partial charge in [0, 0.05) is 16.5 Å². The maximum Gasteiger partial charge on any atom is 0.141 e. The Morgan fingerprint density at radius 1 is 1.05 bits per heavy atom. The molecule has 0 bridgehead atoms. The van der Waals surface area contributed by atoms with Gasteiger partial charge in [-0.2, -0.15) is 0 Å².